The third kappa shape index (κ3) is 2.99. The second-order valence-electron chi connectivity index (χ2n) is 5.69. The number of hydrogen-bond acceptors (Lipinski definition) is 2. The van der Waals surface area contributed by atoms with E-state index in [2.05, 4.69) is 0 Å². The lowest BCUT2D eigenvalue weighted by Crippen LogP contribution is -2.28. The number of alkyl halides is 3. The van der Waals surface area contributed by atoms with Crippen LogP contribution in [0.5, 0.6) is 0 Å². The van der Waals surface area contributed by atoms with Gasteiger partial charge >= 0.3 is 6.18 Å². The summed E-state index contributed by atoms with van der Waals surface area (Å²) in [5, 5.41) is 0. The van der Waals surface area contributed by atoms with Crippen molar-refractivity contribution in [3.05, 3.63) is 65.5 Å². The Morgan fingerprint density at radius 3 is 2.46 bits per heavy atom. The fourth-order valence-electron chi connectivity index (χ4n) is 2.93. The third-order valence-electron chi connectivity index (χ3n) is 4.05. The molecule has 126 valence electrons. The molecule has 2 atom stereocenters. The number of halogens is 4. The van der Waals surface area contributed by atoms with Gasteiger partial charge in [0.1, 0.15) is 5.82 Å². The van der Waals surface area contributed by atoms with Crippen LogP contribution in [-0.2, 0) is 11.0 Å². The first-order valence-corrected chi connectivity index (χ1v) is 7.27. The van der Waals surface area contributed by atoms with Gasteiger partial charge in [0.25, 0.3) is 0 Å². The zero-order valence-corrected chi connectivity index (χ0v) is 12.4. The maximum Gasteiger partial charge on any atom is 0.416 e. The van der Waals surface area contributed by atoms with Gasteiger partial charge in [-0.3, -0.25) is 4.79 Å². The van der Waals surface area contributed by atoms with E-state index in [1.807, 2.05) is 0 Å². The lowest BCUT2D eigenvalue weighted by atomic mass is 9.93. The molecule has 2 aromatic carbocycles. The average Bonchev–Trinajstić information content (AvgIpc) is 2.81. The minimum absolute atomic E-state index is 0.114. The predicted molar refractivity (Wildman–Crippen MR) is 80.9 cm³/mol. The quantitative estimate of drug-likeness (QED) is 0.854. The zero-order chi connectivity index (χ0) is 17.5. The van der Waals surface area contributed by atoms with Crippen molar-refractivity contribution in [3.63, 3.8) is 0 Å². The number of amides is 1. The summed E-state index contributed by atoms with van der Waals surface area (Å²) in [6.07, 6.45) is -4.50. The first kappa shape index (κ1) is 16.4. The Morgan fingerprint density at radius 1 is 1.08 bits per heavy atom. The van der Waals surface area contributed by atoms with Crippen LogP contribution in [0, 0.1) is 5.82 Å². The van der Waals surface area contributed by atoms with Crippen LogP contribution in [0.15, 0.2) is 48.5 Å². The van der Waals surface area contributed by atoms with Crippen LogP contribution in [0.1, 0.15) is 17.0 Å². The molecule has 0 aliphatic carbocycles. The van der Waals surface area contributed by atoms with Crippen LogP contribution in [0.3, 0.4) is 0 Å². The zero-order valence-electron chi connectivity index (χ0n) is 12.4. The number of rotatable bonds is 2. The molecule has 2 aromatic rings. The van der Waals surface area contributed by atoms with Crippen LogP contribution >= 0.6 is 0 Å². The molecule has 0 radical (unpaired) electrons. The van der Waals surface area contributed by atoms with Gasteiger partial charge in [0, 0.05) is 18.3 Å². The van der Waals surface area contributed by atoms with Crippen molar-refractivity contribution in [2.45, 2.75) is 18.1 Å². The fourth-order valence-corrected chi connectivity index (χ4v) is 2.93. The monoisotopic (exact) mass is 338 g/mol. The molecule has 24 heavy (non-hydrogen) atoms. The van der Waals surface area contributed by atoms with E-state index in [0.717, 1.165) is 12.1 Å². The highest BCUT2D eigenvalue weighted by Gasteiger charge is 2.41. The van der Waals surface area contributed by atoms with Gasteiger partial charge in [0.15, 0.2) is 0 Å². The molecule has 1 heterocycles. The molecule has 1 saturated heterocycles. The van der Waals surface area contributed by atoms with Crippen LogP contribution in [0.25, 0.3) is 0 Å². The molecule has 7 heteroatoms. The first-order valence-electron chi connectivity index (χ1n) is 7.27. The number of carbonyl (C=O) groups is 1. The van der Waals surface area contributed by atoms with E-state index in [1.54, 1.807) is 6.07 Å². The van der Waals surface area contributed by atoms with E-state index >= 15 is 0 Å². The summed E-state index contributed by atoms with van der Waals surface area (Å²) >= 11 is 0. The molecule has 3 nitrogen and oxygen atoms in total. The van der Waals surface area contributed by atoms with E-state index < -0.39 is 35.4 Å². The lowest BCUT2D eigenvalue weighted by Gasteiger charge is -2.17. The van der Waals surface area contributed by atoms with Gasteiger partial charge in [-0.2, -0.15) is 13.2 Å². The normalized spacial score (nSPS) is 21.4. The highest BCUT2D eigenvalue weighted by atomic mass is 19.4. The van der Waals surface area contributed by atoms with Crippen molar-refractivity contribution in [3.8, 4) is 0 Å². The molecule has 2 unspecified atom stereocenters. The largest absolute Gasteiger partial charge is 0.416 e. The highest BCUT2D eigenvalue weighted by Crippen LogP contribution is 2.35. The number of anilines is 1. The fraction of sp³-hybridized carbons (Fsp3) is 0.235. The number of hydrogen-bond donors (Lipinski definition) is 1. The van der Waals surface area contributed by atoms with Crippen molar-refractivity contribution in [2.75, 3.05) is 11.4 Å². The molecule has 0 bridgehead atoms. The summed E-state index contributed by atoms with van der Waals surface area (Å²) in [6, 6.07) is 9.37. The van der Waals surface area contributed by atoms with E-state index in [-0.39, 0.29) is 12.1 Å². The number of carbonyl (C=O) groups excluding carboxylic acids is 1. The van der Waals surface area contributed by atoms with E-state index in [9.17, 15) is 22.4 Å². The molecular weight excluding hydrogens is 324 g/mol. The Bertz CT molecular complexity index is 775. The standard InChI is InChI=1S/C17H14F4N2O/c18-12-5-2-6-13(8-12)23-9-14(22)15(16(23)24)10-3-1-4-11(7-10)17(19,20)21/h1-8,14-15H,9,22H2. The van der Waals surface area contributed by atoms with Crippen molar-refractivity contribution >= 4 is 11.6 Å². The van der Waals surface area contributed by atoms with Crippen LogP contribution in [0.4, 0.5) is 23.2 Å². The molecule has 2 N–H and O–H groups in total. The highest BCUT2D eigenvalue weighted by molar-refractivity contribution is 6.01. The predicted octanol–water partition coefficient (Wildman–Crippen LogP) is 3.30. The molecular formula is C17H14F4N2O. The second-order valence-corrected chi connectivity index (χ2v) is 5.69. The Kier molecular flexibility index (Phi) is 4.04. The Balaban J connectivity index is 1.94. The lowest BCUT2D eigenvalue weighted by molar-refractivity contribution is -0.137. The summed E-state index contributed by atoms with van der Waals surface area (Å²) in [6.45, 7) is 0.114. The average molecular weight is 338 g/mol. The molecule has 0 aromatic heterocycles. The second kappa shape index (κ2) is 5.90. The Hall–Kier alpha value is -2.41. The molecule has 1 aliphatic heterocycles. The Labute approximate surface area is 135 Å². The maximum atomic E-state index is 13.4. The Morgan fingerprint density at radius 2 is 1.79 bits per heavy atom. The van der Waals surface area contributed by atoms with E-state index in [0.29, 0.717) is 5.69 Å². The van der Waals surface area contributed by atoms with Gasteiger partial charge in [-0.15, -0.1) is 0 Å². The summed E-state index contributed by atoms with van der Waals surface area (Å²) in [7, 11) is 0. The van der Waals surface area contributed by atoms with Crippen molar-refractivity contribution < 1.29 is 22.4 Å². The SMILES string of the molecule is NC1CN(c2cccc(F)c2)C(=O)C1c1cccc(C(F)(F)F)c1. The van der Waals surface area contributed by atoms with Gasteiger partial charge in [0.2, 0.25) is 5.91 Å². The number of benzene rings is 2. The van der Waals surface area contributed by atoms with Crippen LogP contribution < -0.4 is 10.6 Å². The summed E-state index contributed by atoms with van der Waals surface area (Å²) < 4.78 is 52.0. The third-order valence-corrected chi connectivity index (χ3v) is 4.05. The minimum atomic E-state index is -4.50. The topological polar surface area (TPSA) is 46.3 Å². The van der Waals surface area contributed by atoms with Gasteiger partial charge in [0.05, 0.1) is 11.5 Å². The minimum Gasteiger partial charge on any atom is -0.325 e. The van der Waals surface area contributed by atoms with E-state index in [1.165, 1.54) is 35.2 Å². The molecule has 0 spiro atoms. The van der Waals surface area contributed by atoms with Crippen molar-refractivity contribution in [1.82, 2.24) is 0 Å². The smallest absolute Gasteiger partial charge is 0.325 e. The number of nitrogens with zero attached hydrogens (tertiary/aromatic N) is 1. The molecule has 1 fully saturated rings. The summed E-state index contributed by atoms with van der Waals surface area (Å²) in [5.74, 6) is -1.83. The molecule has 0 saturated carbocycles. The summed E-state index contributed by atoms with van der Waals surface area (Å²) in [4.78, 5) is 13.9. The van der Waals surface area contributed by atoms with Gasteiger partial charge in [-0.05, 0) is 29.8 Å². The molecule has 3 rings (SSSR count). The number of nitrogens with two attached hydrogens (primary N) is 1. The van der Waals surface area contributed by atoms with Crippen molar-refractivity contribution in [1.29, 1.82) is 0 Å². The van der Waals surface area contributed by atoms with Gasteiger partial charge < -0.3 is 10.6 Å². The maximum absolute atomic E-state index is 13.4. The van der Waals surface area contributed by atoms with E-state index in [4.69, 9.17) is 5.73 Å². The first-order chi connectivity index (χ1) is 11.3. The van der Waals surface area contributed by atoms with Crippen LogP contribution in [-0.4, -0.2) is 18.5 Å². The van der Waals surface area contributed by atoms with Gasteiger partial charge in [-0.25, -0.2) is 4.39 Å². The molecule has 1 amide bonds. The van der Waals surface area contributed by atoms with Crippen molar-refractivity contribution in [2.24, 2.45) is 5.73 Å². The van der Waals surface area contributed by atoms with Gasteiger partial charge in [-0.1, -0.05) is 24.3 Å². The molecule has 1 aliphatic rings. The van der Waals surface area contributed by atoms with Crippen LogP contribution in [0.2, 0.25) is 0 Å². The summed E-state index contributed by atoms with van der Waals surface area (Å²) in [5.41, 5.74) is 5.71.